The maximum Gasteiger partial charge on any atom is 0.303 e. The fourth-order valence-corrected chi connectivity index (χ4v) is 3.72. The normalized spacial score (nSPS) is 11.1. The van der Waals surface area contributed by atoms with Crippen LogP contribution in [0.4, 0.5) is 0 Å². The third-order valence-corrected chi connectivity index (χ3v) is 5.42. The van der Waals surface area contributed by atoms with E-state index in [2.05, 4.69) is 43.5 Å². The molecule has 0 unspecified atom stereocenters. The number of carbonyl (C=O) groups is 1. The quantitative estimate of drug-likeness (QED) is 0.435. The summed E-state index contributed by atoms with van der Waals surface area (Å²) in [5, 5.41) is 9.79. The van der Waals surface area contributed by atoms with Crippen molar-refractivity contribution < 1.29 is 14.6 Å². The Morgan fingerprint density at radius 3 is 2.50 bits per heavy atom. The second-order valence-electron chi connectivity index (χ2n) is 7.81. The van der Waals surface area contributed by atoms with Crippen LogP contribution in [0.1, 0.15) is 43.0 Å². The van der Waals surface area contributed by atoms with E-state index >= 15 is 0 Å². The molecule has 1 N–H and O–H groups in total. The molecule has 0 aliphatic carbocycles. The molecule has 30 heavy (non-hydrogen) atoms. The van der Waals surface area contributed by atoms with Crippen molar-refractivity contribution in [3.05, 3.63) is 76.4 Å². The first-order chi connectivity index (χ1) is 14.3. The molecule has 0 bridgehead atoms. The lowest BCUT2D eigenvalue weighted by Gasteiger charge is -2.17. The zero-order valence-corrected chi connectivity index (χ0v) is 18.4. The van der Waals surface area contributed by atoms with Gasteiger partial charge in [-0.15, -0.1) is 0 Å². The van der Waals surface area contributed by atoms with Gasteiger partial charge in [0.25, 0.3) is 0 Å². The molecule has 0 fully saturated rings. The van der Waals surface area contributed by atoms with Gasteiger partial charge in [0.05, 0.1) is 13.0 Å². The van der Waals surface area contributed by atoms with Gasteiger partial charge < -0.3 is 14.4 Å². The van der Waals surface area contributed by atoms with Crippen molar-refractivity contribution in [1.29, 1.82) is 0 Å². The number of carboxylic acid groups (broad SMARTS) is 1. The van der Waals surface area contributed by atoms with Gasteiger partial charge in [-0.2, -0.15) is 0 Å². The Labute approximate surface area is 183 Å². The highest BCUT2D eigenvalue weighted by molar-refractivity contribution is 6.30. The predicted molar refractivity (Wildman–Crippen MR) is 122 cm³/mol. The third kappa shape index (κ3) is 5.45. The minimum atomic E-state index is -0.798. The highest BCUT2D eigenvalue weighted by atomic mass is 35.5. The molecular weight excluding hydrogens is 398 g/mol. The smallest absolute Gasteiger partial charge is 0.303 e. The summed E-state index contributed by atoms with van der Waals surface area (Å²) in [7, 11) is 0. The van der Waals surface area contributed by atoms with Crippen LogP contribution in [0.15, 0.2) is 54.6 Å². The molecule has 3 aromatic rings. The van der Waals surface area contributed by atoms with E-state index in [0.717, 1.165) is 22.7 Å². The van der Waals surface area contributed by atoms with Crippen LogP contribution in [0.25, 0.3) is 11.3 Å². The Morgan fingerprint density at radius 2 is 1.83 bits per heavy atom. The third-order valence-electron chi connectivity index (χ3n) is 5.17. The number of ether oxygens (including phenoxy) is 1. The number of aryl methyl sites for hydroxylation is 2. The standard InChI is InChI=1S/C25H28ClNO3/c1-17(2)22-11-4-18(3)16-24(22)30-15-14-27-21(10-13-25(28)29)9-12-23(27)19-5-7-20(26)8-6-19/h4-9,11-12,16-17H,10,13-15H2,1-3H3,(H,28,29). The Balaban J connectivity index is 1.83. The van der Waals surface area contributed by atoms with E-state index in [4.69, 9.17) is 21.4 Å². The zero-order valence-electron chi connectivity index (χ0n) is 17.7. The summed E-state index contributed by atoms with van der Waals surface area (Å²) in [6, 6.07) is 18.0. The number of rotatable bonds is 9. The van der Waals surface area contributed by atoms with Crippen molar-refractivity contribution in [2.75, 3.05) is 6.61 Å². The predicted octanol–water partition coefficient (Wildman–Crippen LogP) is 6.34. The second-order valence-corrected chi connectivity index (χ2v) is 8.24. The Hall–Kier alpha value is -2.72. The molecule has 1 heterocycles. The lowest BCUT2D eigenvalue weighted by atomic mass is 10.0. The van der Waals surface area contributed by atoms with Crippen LogP contribution in [0.2, 0.25) is 5.02 Å². The fraction of sp³-hybridized carbons (Fsp3) is 0.320. The molecule has 0 radical (unpaired) electrons. The summed E-state index contributed by atoms with van der Waals surface area (Å²) in [5.41, 5.74) is 5.42. The molecule has 0 atom stereocenters. The van der Waals surface area contributed by atoms with E-state index in [-0.39, 0.29) is 6.42 Å². The van der Waals surface area contributed by atoms with E-state index in [1.165, 1.54) is 11.1 Å². The van der Waals surface area contributed by atoms with Crippen LogP contribution in [-0.2, 0) is 17.8 Å². The van der Waals surface area contributed by atoms with Crippen molar-refractivity contribution in [2.24, 2.45) is 0 Å². The minimum absolute atomic E-state index is 0.0975. The van der Waals surface area contributed by atoms with Crippen LogP contribution < -0.4 is 4.74 Å². The van der Waals surface area contributed by atoms with Crippen molar-refractivity contribution in [1.82, 2.24) is 4.57 Å². The summed E-state index contributed by atoms with van der Waals surface area (Å²) < 4.78 is 8.33. The van der Waals surface area contributed by atoms with Gasteiger partial charge >= 0.3 is 5.97 Å². The summed E-state index contributed by atoms with van der Waals surface area (Å²) in [6.07, 6.45) is 0.574. The molecule has 0 saturated heterocycles. The van der Waals surface area contributed by atoms with Crippen LogP contribution in [0.3, 0.4) is 0 Å². The molecule has 2 aromatic carbocycles. The second kappa shape index (κ2) is 9.86. The molecule has 3 rings (SSSR count). The summed E-state index contributed by atoms with van der Waals surface area (Å²) in [5.74, 6) is 0.494. The molecule has 4 nitrogen and oxygen atoms in total. The number of hydrogen-bond donors (Lipinski definition) is 1. The zero-order chi connectivity index (χ0) is 21.7. The van der Waals surface area contributed by atoms with Gasteiger partial charge in [0.2, 0.25) is 0 Å². The average molecular weight is 426 g/mol. The fourth-order valence-electron chi connectivity index (χ4n) is 3.59. The minimum Gasteiger partial charge on any atom is -0.491 e. The van der Waals surface area contributed by atoms with Gasteiger partial charge in [-0.25, -0.2) is 0 Å². The molecule has 5 heteroatoms. The molecule has 1 aromatic heterocycles. The van der Waals surface area contributed by atoms with Crippen molar-refractivity contribution >= 4 is 17.6 Å². The van der Waals surface area contributed by atoms with Gasteiger partial charge in [-0.3, -0.25) is 4.79 Å². The summed E-state index contributed by atoms with van der Waals surface area (Å²) in [4.78, 5) is 11.1. The highest BCUT2D eigenvalue weighted by Crippen LogP contribution is 2.28. The van der Waals surface area contributed by atoms with Crippen molar-refractivity contribution in [3.63, 3.8) is 0 Å². The van der Waals surface area contributed by atoms with Crippen LogP contribution in [-0.4, -0.2) is 22.2 Å². The van der Waals surface area contributed by atoms with E-state index in [0.29, 0.717) is 30.5 Å². The molecule has 0 amide bonds. The van der Waals surface area contributed by atoms with Gasteiger partial charge in [0.15, 0.2) is 0 Å². The lowest BCUT2D eigenvalue weighted by molar-refractivity contribution is -0.136. The van der Waals surface area contributed by atoms with Crippen LogP contribution >= 0.6 is 11.6 Å². The van der Waals surface area contributed by atoms with E-state index < -0.39 is 5.97 Å². The molecule has 0 saturated carbocycles. The van der Waals surface area contributed by atoms with Crippen LogP contribution in [0.5, 0.6) is 5.75 Å². The maximum atomic E-state index is 11.1. The molecule has 158 valence electrons. The summed E-state index contributed by atoms with van der Waals surface area (Å²) >= 11 is 6.04. The molecule has 0 spiro atoms. The monoisotopic (exact) mass is 425 g/mol. The number of hydrogen-bond acceptors (Lipinski definition) is 2. The average Bonchev–Trinajstić information content (AvgIpc) is 3.09. The SMILES string of the molecule is Cc1ccc(C(C)C)c(OCCn2c(CCC(=O)O)ccc2-c2ccc(Cl)cc2)c1. The number of aromatic nitrogens is 1. The van der Waals surface area contributed by atoms with Gasteiger partial charge in [-0.05, 0) is 66.3 Å². The van der Waals surface area contributed by atoms with Crippen molar-refractivity contribution in [3.8, 4) is 17.0 Å². The first-order valence-corrected chi connectivity index (χ1v) is 10.6. The molecule has 0 aliphatic rings. The lowest BCUT2D eigenvalue weighted by Crippen LogP contribution is -2.13. The molecular formula is C25H28ClNO3. The van der Waals surface area contributed by atoms with Gasteiger partial charge in [0, 0.05) is 16.4 Å². The van der Waals surface area contributed by atoms with Gasteiger partial charge in [0.1, 0.15) is 12.4 Å². The van der Waals surface area contributed by atoms with E-state index in [1.54, 1.807) is 0 Å². The molecule has 0 aliphatic heterocycles. The van der Waals surface area contributed by atoms with E-state index in [1.807, 2.05) is 36.4 Å². The first kappa shape index (κ1) is 22.0. The maximum absolute atomic E-state index is 11.1. The number of carboxylic acids is 1. The topological polar surface area (TPSA) is 51.5 Å². The first-order valence-electron chi connectivity index (χ1n) is 10.2. The Kier molecular flexibility index (Phi) is 7.22. The number of nitrogens with zero attached hydrogens (tertiary/aromatic N) is 1. The van der Waals surface area contributed by atoms with Crippen molar-refractivity contribution in [2.45, 2.75) is 46.1 Å². The van der Waals surface area contributed by atoms with Gasteiger partial charge in [-0.1, -0.05) is 49.7 Å². The largest absolute Gasteiger partial charge is 0.491 e. The van der Waals surface area contributed by atoms with E-state index in [9.17, 15) is 4.79 Å². The summed E-state index contributed by atoms with van der Waals surface area (Å²) in [6.45, 7) is 7.51. The number of benzene rings is 2. The highest BCUT2D eigenvalue weighted by Gasteiger charge is 2.13. The Bertz CT molecular complexity index is 1010. The number of halogens is 1. The van der Waals surface area contributed by atoms with Crippen LogP contribution in [0, 0.1) is 6.92 Å². The Morgan fingerprint density at radius 1 is 1.10 bits per heavy atom. The number of aliphatic carboxylic acids is 1.